The third-order valence-corrected chi connectivity index (χ3v) is 11.0. The van der Waals surface area contributed by atoms with Gasteiger partial charge in [0.25, 0.3) is 0 Å². The molecule has 18 atom stereocenters. The fourth-order valence-electron chi connectivity index (χ4n) is 7.70. The number of esters is 1. The van der Waals surface area contributed by atoms with E-state index in [1.165, 1.54) is 6.92 Å². The second-order valence-corrected chi connectivity index (χ2v) is 15.3. The fraction of sp³-hybridized carbons (Fsp3) is 0.943. The average Bonchev–Trinajstić information content (AvgIpc) is 3.01. The maximum absolute atomic E-state index is 13.9. The molecule has 0 aromatic heterocycles. The summed E-state index contributed by atoms with van der Waals surface area (Å²) in [5.41, 5.74) is -1.55. The van der Waals surface area contributed by atoms with Crippen molar-refractivity contribution in [3.63, 3.8) is 0 Å². The van der Waals surface area contributed by atoms with E-state index in [4.69, 9.17) is 23.7 Å². The van der Waals surface area contributed by atoms with Gasteiger partial charge in [-0.05, 0) is 61.1 Å². The van der Waals surface area contributed by atoms with Gasteiger partial charge in [-0.2, -0.15) is 0 Å². The van der Waals surface area contributed by atoms with Gasteiger partial charge >= 0.3 is 5.97 Å². The van der Waals surface area contributed by atoms with E-state index < -0.39 is 103 Å². The molecular weight excluding hydrogens is 626 g/mol. The third-order valence-electron chi connectivity index (χ3n) is 11.0. The van der Waals surface area contributed by atoms with Crippen LogP contribution < -0.4 is 0 Å². The highest BCUT2D eigenvalue weighted by Gasteiger charge is 2.49. The van der Waals surface area contributed by atoms with Crippen LogP contribution in [0, 0.1) is 29.6 Å². The molecule has 3 aliphatic rings. The van der Waals surface area contributed by atoms with E-state index in [0.29, 0.717) is 12.8 Å². The van der Waals surface area contributed by atoms with Gasteiger partial charge in [0.15, 0.2) is 12.6 Å². The van der Waals surface area contributed by atoms with Crippen molar-refractivity contribution < 1.29 is 58.8 Å². The molecule has 3 aliphatic heterocycles. The highest BCUT2D eigenvalue weighted by atomic mass is 16.7. The Morgan fingerprint density at radius 3 is 2.04 bits per heavy atom. The Hall–Kier alpha value is -1.26. The largest absolute Gasteiger partial charge is 0.462 e. The number of likely N-dealkylation sites (N-methyl/N-ethyl adjacent to an activating group) is 1. The van der Waals surface area contributed by atoms with Gasteiger partial charge in [-0.3, -0.25) is 9.59 Å². The molecule has 3 rings (SSSR count). The zero-order chi connectivity index (χ0) is 36.4. The summed E-state index contributed by atoms with van der Waals surface area (Å²) in [6.45, 7) is 15.3. The van der Waals surface area contributed by atoms with Crippen LogP contribution in [-0.2, 0) is 33.3 Å². The van der Waals surface area contributed by atoms with Crippen LogP contribution in [0.2, 0.25) is 0 Å². The topological polar surface area (TPSA) is 185 Å². The highest BCUT2D eigenvalue weighted by Crippen LogP contribution is 2.37. The van der Waals surface area contributed by atoms with Crippen molar-refractivity contribution in [2.45, 2.75) is 167 Å². The van der Waals surface area contributed by atoms with Crippen molar-refractivity contribution in [2.24, 2.45) is 29.6 Å². The molecule has 0 spiro atoms. The van der Waals surface area contributed by atoms with Crippen LogP contribution in [-0.4, -0.2) is 135 Å². The zero-order valence-electron chi connectivity index (χ0n) is 30.7. The fourth-order valence-corrected chi connectivity index (χ4v) is 7.70. The minimum absolute atomic E-state index is 0.0324. The van der Waals surface area contributed by atoms with Crippen molar-refractivity contribution >= 4 is 11.8 Å². The van der Waals surface area contributed by atoms with E-state index in [-0.39, 0.29) is 30.8 Å². The second-order valence-electron chi connectivity index (χ2n) is 15.3. The van der Waals surface area contributed by atoms with Crippen LogP contribution in [0.25, 0.3) is 0 Å². The van der Waals surface area contributed by atoms with Gasteiger partial charge in [-0.1, -0.05) is 34.6 Å². The molecular formula is C35H63NO12. The lowest BCUT2D eigenvalue weighted by molar-refractivity contribution is -0.309. The Bertz CT molecular complexity index is 1060. The summed E-state index contributed by atoms with van der Waals surface area (Å²) < 4.78 is 31.0. The molecule has 5 N–H and O–H groups in total. The Morgan fingerprint density at radius 2 is 1.48 bits per heavy atom. The third kappa shape index (κ3) is 9.34. The number of aliphatic hydroxyl groups excluding tert-OH is 4. The number of hydrogen-bond acceptors (Lipinski definition) is 13. The first-order chi connectivity index (χ1) is 22.2. The number of nitrogens with zero attached hydrogens (tertiary/aromatic N) is 1. The Labute approximate surface area is 286 Å². The van der Waals surface area contributed by atoms with Crippen LogP contribution in [0.15, 0.2) is 0 Å². The standard InChI is InChI=1S/C35H63NO12/c1-12-25-18(4)28(39)19(5)27(38)16(2)13-24(37)31(48-34-29(40)23(36(10)11)14-17(3)44-34)20(6)30(21(7)33(42)46-25)47-26-15-35(9,43)32(41)22(8)45-26/h16-26,28-32,34,37,39-41,43H,12-15H2,1-11H3/t16-,17-,18+,19+,20+,21-,22+,23+,24-,25?,26+,28+,29-,30?,31-,32+,34+,35-/m1/s1. The SMILES string of the molecule is CCC1OC(=O)[C@H](C)C(O[C@H]2C[C@@](C)(O)[C@@H](O)[C@H](C)O2)[C@H](C)[C@@H](O[C@@H]2O[C@H](C)C[C@H](N(C)C)[C@H]2O)[C@H](O)C[C@@H](C)C(=O)[C@H](C)[C@@H](O)[C@H]1C. The van der Waals surface area contributed by atoms with Crippen molar-refractivity contribution in [3.8, 4) is 0 Å². The van der Waals surface area contributed by atoms with Crippen LogP contribution in [0.4, 0.5) is 0 Å². The lowest BCUT2D eigenvalue weighted by atomic mass is 9.79. The maximum Gasteiger partial charge on any atom is 0.311 e. The van der Waals surface area contributed by atoms with Gasteiger partial charge in [0.2, 0.25) is 0 Å². The van der Waals surface area contributed by atoms with Gasteiger partial charge in [-0.15, -0.1) is 0 Å². The molecule has 48 heavy (non-hydrogen) atoms. The molecule has 0 saturated carbocycles. The summed E-state index contributed by atoms with van der Waals surface area (Å²) in [4.78, 5) is 29.4. The number of hydrogen-bond donors (Lipinski definition) is 5. The van der Waals surface area contributed by atoms with E-state index in [9.17, 15) is 35.1 Å². The zero-order valence-corrected chi connectivity index (χ0v) is 30.7. The molecule has 0 bridgehead atoms. The molecule has 3 heterocycles. The van der Waals surface area contributed by atoms with Crippen LogP contribution >= 0.6 is 0 Å². The molecule has 0 amide bonds. The highest BCUT2D eigenvalue weighted by molar-refractivity contribution is 5.83. The number of carbonyl (C=O) groups excluding carboxylic acids is 2. The summed E-state index contributed by atoms with van der Waals surface area (Å²) in [6.07, 6.45) is -9.95. The molecule has 0 radical (unpaired) electrons. The predicted molar refractivity (Wildman–Crippen MR) is 175 cm³/mol. The van der Waals surface area contributed by atoms with E-state index >= 15 is 0 Å². The second kappa shape index (κ2) is 16.8. The van der Waals surface area contributed by atoms with Crippen molar-refractivity contribution in [3.05, 3.63) is 0 Å². The number of cyclic esters (lactones) is 1. The summed E-state index contributed by atoms with van der Waals surface area (Å²) in [5, 5.41) is 55.9. The van der Waals surface area contributed by atoms with Crippen molar-refractivity contribution in [1.29, 1.82) is 0 Å². The normalized spacial score (nSPS) is 49.0. The predicted octanol–water partition coefficient (Wildman–Crippen LogP) is 1.63. The lowest BCUT2D eigenvalue weighted by Crippen LogP contribution is -2.58. The van der Waals surface area contributed by atoms with Crippen LogP contribution in [0.5, 0.6) is 0 Å². The quantitative estimate of drug-likeness (QED) is 0.254. The molecule has 0 aliphatic carbocycles. The van der Waals surface area contributed by atoms with Gasteiger partial charge < -0.3 is 54.1 Å². The van der Waals surface area contributed by atoms with Gasteiger partial charge in [0, 0.05) is 36.1 Å². The number of carbonyl (C=O) groups is 2. The number of ketones is 1. The summed E-state index contributed by atoms with van der Waals surface area (Å²) in [5.74, 6) is -4.65. The molecule has 13 heteroatoms. The first kappa shape index (κ1) is 41.2. The molecule has 2 unspecified atom stereocenters. The van der Waals surface area contributed by atoms with E-state index in [1.807, 2.05) is 32.8 Å². The first-order valence-electron chi connectivity index (χ1n) is 17.7. The van der Waals surface area contributed by atoms with Crippen molar-refractivity contribution in [2.75, 3.05) is 14.1 Å². The summed E-state index contributed by atoms with van der Waals surface area (Å²) in [7, 11) is 3.70. The van der Waals surface area contributed by atoms with E-state index in [0.717, 1.165) is 0 Å². The van der Waals surface area contributed by atoms with Crippen molar-refractivity contribution in [1.82, 2.24) is 4.90 Å². The molecule has 3 saturated heterocycles. The minimum Gasteiger partial charge on any atom is -0.462 e. The molecule has 0 aromatic carbocycles. The monoisotopic (exact) mass is 689 g/mol. The Balaban J connectivity index is 2.09. The van der Waals surface area contributed by atoms with Gasteiger partial charge in [0.05, 0.1) is 48.1 Å². The number of ether oxygens (including phenoxy) is 5. The molecule has 13 nitrogen and oxygen atoms in total. The summed E-state index contributed by atoms with van der Waals surface area (Å²) in [6, 6.07) is -0.299. The Morgan fingerprint density at radius 1 is 0.854 bits per heavy atom. The lowest BCUT2D eigenvalue weighted by Gasteiger charge is -2.46. The molecule has 0 aromatic rings. The molecule has 3 fully saturated rings. The van der Waals surface area contributed by atoms with Crippen LogP contribution in [0.1, 0.15) is 88.0 Å². The number of aliphatic hydroxyl groups is 5. The van der Waals surface area contributed by atoms with Crippen LogP contribution in [0.3, 0.4) is 0 Å². The maximum atomic E-state index is 13.9. The van der Waals surface area contributed by atoms with E-state index in [2.05, 4.69) is 0 Å². The minimum atomic E-state index is -1.55. The number of Topliss-reactive ketones (excluding diaryl/α,β-unsaturated/α-hetero) is 1. The van der Waals surface area contributed by atoms with Gasteiger partial charge in [0.1, 0.15) is 24.1 Å². The van der Waals surface area contributed by atoms with E-state index in [1.54, 1.807) is 41.5 Å². The number of rotatable bonds is 6. The molecule has 280 valence electrons. The Kier molecular flexibility index (Phi) is 14.4. The smallest absolute Gasteiger partial charge is 0.311 e. The summed E-state index contributed by atoms with van der Waals surface area (Å²) >= 11 is 0. The average molecular weight is 690 g/mol. The first-order valence-corrected chi connectivity index (χ1v) is 17.7. The van der Waals surface area contributed by atoms with Gasteiger partial charge in [-0.25, -0.2) is 0 Å².